The first-order valence-electron chi connectivity index (χ1n) is 28.8. The molecule has 0 atom stereocenters. The van der Waals surface area contributed by atoms with Gasteiger partial charge in [-0.1, -0.05) is 175 Å². The standard InChI is InChI=1S/C57H36N3.C25H20N.2Ir/c1-4-16-40(17-5-1)55-31-28-43(37-58-55)49-22-10-13-25-52(49)46-34-47(53-26-14-11-23-50(53)44-29-32-56(59-38-44)41-18-6-2-7-19-41)36-48(35-46)54-27-15-12-24-51(54)45-30-33-57(60-39-45)42-20-8-3-9-21-42;1-18-14-19(2)16-22(15-18)24-11-7-6-10-23(24)21-12-13-25(26-17-21)20-8-4-3-5-9-20;;/h1-16,18,20,22-39H;3-8,10-17H,1-2H3;;/q-3;-1;;+3. The number of benzene rings is 10. The third-order valence-electron chi connectivity index (χ3n) is 15.3. The molecule has 0 aliphatic heterocycles. The molecule has 1 radical (unpaired) electrons. The summed E-state index contributed by atoms with van der Waals surface area (Å²) in [5.74, 6) is 0. The molecular weight excluding hydrogens is 1430 g/mol. The number of aromatic nitrogens is 4. The zero-order valence-electron chi connectivity index (χ0n) is 48.3. The Kier molecular flexibility index (Phi) is 19.1. The van der Waals surface area contributed by atoms with Crippen molar-refractivity contribution < 1.29 is 40.2 Å². The average molecular weight is 1480 g/mol. The fourth-order valence-electron chi connectivity index (χ4n) is 11.2. The minimum atomic E-state index is 0. The quantitative estimate of drug-likeness (QED) is 0.114. The topological polar surface area (TPSA) is 51.6 Å². The molecule has 0 amide bonds. The van der Waals surface area contributed by atoms with Gasteiger partial charge in [-0.15, -0.1) is 144 Å². The van der Waals surface area contributed by atoms with Crippen LogP contribution in [0.15, 0.2) is 304 Å². The van der Waals surface area contributed by atoms with E-state index in [1.807, 2.05) is 122 Å². The van der Waals surface area contributed by atoms with Crippen LogP contribution in [-0.4, -0.2) is 19.9 Å². The minimum Gasteiger partial charge on any atom is -0.304 e. The van der Waals surface area contributed by atoms with Crippen molar-refractivity contribution in [1.29, 1.82) is 0 Å². The van der Waals surface area contributed by atoms with E-state index in [0.717, 1.165) is 117 Å². The predicted molar refractivity (Wildman–Crippen MR) is 354 cm³/mol. The molecule has 88 heavy (non-hydrogen) atoms. The SMILES string of the molecule is Cc1cc(C)cc(-c2ccccc2-c2ccc(-c3[c-]cccc3)nc2)c1.[Ir+3].[Ir].[c-]1ccccc1-c1ccc(-c2ccccc2-c2cc(-c3ccccc3-c3ccc(-c4[c-]cccc4)nc3)cc(-c3ccccc3-c3ccc(-c4[c-]cccc4)nc3)c2)cn1. The van der Waals surface area contributed by atoms with Crippen molar-refractivity contribution >= 4 is 0 Å². The first-order chi connectivity index (χ1) is 42.5. The van der Waals surface area contributed by atoms with Gasteiger partial charge in [-0.25, -0.2) is 0 Å². The molecule has 0 saturated heterocycles. The molecule has 0 fully saturated rings. The Morgan fingerprint density at radius 1 is 0.227 bits per heavy atom. The molecule has 0 N–H and O–H groups in total. The van der Waals surface area contributed by atoms with Crippen LogP contribution in [0.1, 0.15) is 11.1 Å². The summed E-state index contributed by atoms with van der Waals surface area (Å²) in [6, 6.07) is 110. The summed E-state index contributed by atoms with van der Waals surface area (Å²) in [6.07, 6.45) is 7.87. The van der Waals surface area contributed by atoms with Gasteiger partial charge in [0.25, 0.3) is 0 Å². The van der Waals surface area contributed by atoms with E-state index < -0.39 is 0 Å². The molecule has 0 unspecified atom stereocenters. The van der Waals surface area contributed by atoms with Crippen LogP contribution >= 0.6 is 0 Å². The van der Waals surface area contributed by atoms with Gasteiger partial charge in [-0.2, -0.15) is 0 Å². The second kappa shape index (κ2) is 28.1. The van der Waals surface area contributed by atoms with Gasteiger partial charge >= 0.3 is 20.1 Å². The molecule has 0 aliphatic rings. The van der Waals surface area contributed by atoms with E-state index in [4.69, 9.17) is 15.0 Å². The van der Waals surface area contributed by atoms with Gasteiger partial charge in [0, 0.05) is 44.9 Å². The number of pyridine rings is 4. The fraction of sp³-hybridized carbons (Fsp3) is 0.0244. The van der Waals surface area contributed by atoms with Gasteiger partial charge in [0.05, 0.1) is 0 Å². The number of hydrogen-bond donors (Lipinski definition) is 0. The molecule has 423 valence electrons. The molecular formula is C82H56Ir2N4-. The molecule has 14 rings (SSSR count). The van der Waals surface area contributed by atoms with Crippen molar-refractivity contribution in [1.82, 2.24) is 19.9 Å². The Hall–Kier alpha value is -9.90. The third kappa shape index (κ3) is 13.5. The van der Waals surface area contributed by atoms with Crippen LogP contribution in [-0.2, 0) is 40.2 Å². The van der Waals surface area contributed by atoms with Crippen molar-refractivity contribution in [2.45, 2.75) is 13.8 Å². The smallest absolute Gasteiger partial charge is 0.304 e. The summed E-state index contributed by atoms with van der Waals surface area (Å²) in [4.78, 5) is 19.3. The maximum Gasteiger partial charge on any atom is 3.00 e. The van der Waals surface area contributed by atoms with Crippen LogP contribution in [0.3, 0.4) is 0 Å². The molecule has 0 bridgehead atoms. The summed E-state index contributed by atoms with van der Waals surface area (Å²) in [6.45, 7) is 4.29. The first-order valence-corrected chi connectivity index (χ1v) is 28.8. The Labute approximate surface area is 543 Å². The van der Waals surface area contributed by atoms with E-state index in [1.165, 1.54) is 27.8 Å². The maximum atomic E-state index is 4.88. The summed E-state index contributed by atoms with van der Waals surface area (Å²) < 4.78 is 0. The van der Waals surface area contributed by atoms with E-state index in [1.54, 1.807) is 0 Å². The Bertz CT molecular complexity index is 4230. The van der Waals surface area contributed by atoms with Gasteiger partial charge in [0.15, 0.2) is 0 Å². The maximum absolute atomic E-state index is 4.88. The zero-order chi connectivity index (χ0) is 58.0. The van der Waals surface area contributed by atoms with Crippen LogP contribution in [0.4, 0.5) is 0 Å². The predicted octanol–water partition coefficient (Wildman–Crippen LogP) is 20.8. The molecule has 4 heterocycles. The van der Waals surface area contributed by atoms with E-state index in [2.05, 4.69) is 225 Å². The summed E-state index contributed by atoms with van der Waals surface area (Å²) in [5, 5.41) is 0. The molecule has 14 aromatic rings. The monoisotopic (exact) mass is 1480 g/mol. The summed E-state index contributed by atoms with van der Waals surface area (Å²) >= 11 is 0. The van der Waals surface area contributed by atoms with Crippen molar-refractivity contribution in [2.24, 2.45) is 0 Å². The number of nitrogens with zero attached hydrogens (tertiary/aromatic N) is 4. The van der Waals surface area contributed by atoms with E-state index in [9.17, 15) is 0 Å². The minimum absolute atomic E-state index is 0. The normalized spacial score (nSPS) is 10.7. The van der Waals surface area contributed by atoms with Gasteiger partial charge in [-0.05, 0) is 144 Å². The van der Waals surface area contributed by atoms with Crippen LogP contribution in [0.25, 0.3) is 134 Å². The summed E-state index contributed by atoms with van der Waals surface area (Å²) in [5.41, 5.74) is 28.0. The molecule has 0 aliphatic carbocycles. The molecule has 0 saturated carbocycles. The number of aryl methyl sites for hydroxylation is 2. The molecule has 4 nitrogen and oxygen atoms in total. The first kappa shape index (κ1) is 59.8. The second-order valence-corrected chi connectivity index (χ2v) is 21.2. The van der Waals surface area contributed by atoms with Gasteiger partial charge < -0.3 is 19.9 Å². The molecule has 6 heteroatoms. The van der Waals surface area contributed by atoms with Crippen LogP contribution in [0, 0.1) is 38.1 Å². The number of hydrogen-bond acceptors (Lipinski definition) is 4. The Morgan fingerprint density at radius 2 is 0.443 bits per heavy atom. The zero-order valence-corrected chi connectivity index (χ0v) is 53.1. The van der Waals surface area contributed by atoms with Crippen molar-refractivity contribution in [2.75, 3.05) is 0 Å². The van der Waals surface area contributed by atoms with Crippen LogP contribution in [0.2, 0.25) is 0 Å². The largest absolute Gasteiger partial charge is 3.00 e. The fourth-order valence-corrected chi connectivity index (χ4v) is 11.2. The second-order valence-electron chi connectivity index (χ2n) is 21.2. The number of rotatable bonds is 12. The molecule has 10 aromatic carbocycles. The van der Waals surface area contributed by atoms with E-state index in [-0.39, 0.29) is 40.2 Å². The van der Waals surface area contributed by atoms with Gasteiger partial charge in [-0.3, -0.25) is 0 Å². The Morgan fingerprint density at radius 3 is 0.648 bits per heavy atom. The van der Waals surface area contributed by atoms with E-state index >= 15 is 0 Å². The Balaban J connectivity index is 0.000000239. The molecule has 0 spiro atoms. The molecule has 4 aromatic heterocycles. The van der Waals surface area contributed by atoms with Crippen molar-refractivity contribution in [3.8, 4) is 134 Å². The van der Waals surface area contributed by atoms with Crippen molar-refractivity contribution in [3.63, 3.8) is 0 Å². The van der Waals surface area contributed by atoms with E-state index in [0.29, 0.717) is 0 Å². The average Bonchev–Trinajstić information content (AvgIpc) is 1.69. The van der Waals surface area contributed by atoms with Gasteiger partial charge in [0.1, 0.15) is 0 Å². The van der Waals surface area contributed by atoms with Crippen molar-refractivity contribution in [3.05, 3.63) is 339 Å². The van der Waals surface area contributed by atoms with Crippen LogP contribution in [0.5, 0.6) is 0 Å². The summed E-state index contributed by atoms with van der Waals surface area (Å²) in [7, 11) is 0. The van der Waals surface area contributed by atoms with Crippen LogP contribution < -0.4 is 0 Å². The third-order valence-corrected chi connectivity index (χ3v) is 15.3. The van der Waals surface area contributed by atoms with Gasteiger partial charge in [0.2, 0.25) is 0 Å².